The van der Waals surface area contributed by atoms with Crippen molar-refractivity contribution in [3.05, 3.63) is 0 Å². The Bertz CT molecular complexity index is 200. The number of hydrogen-bond donors (Lipinski definition) is 1. The largest absolute Gasteiger partial charge is 0.481 e. The van der Waals surface area contributed by atoms with E-state index in [1.54, 1.807) is 0 Å². The average molecular weight is 227 g/mol. The molecule has 1 heterocycles. The third-order valence-electron chi connectivity index (χ3n) is 3.57. The third kappa shape index (κ3) is 4.97. The average Bonchev–Trinajstić information content (AvgIpc) is 2.30. The van der Waals surface area contributed by atoms with E-state index in [1.807, 2.05) is 6.92 Å². The van der Waals surface area contributed by atoms with E-state index < -0.39 is 5.97 Å². The number of aliphatic carboxylic acids is 1. The van der Waals surface area contributed by atoms with Gasteiger partial charge in [-0.15, -0.1) is 0 Å². The van der Waals surface area contributed by atoms with Crippen molar-refractivity contribution in [3.63, 3.8) is 0 Å². The van der Waals surface area contributed by atoms with Crippen LogP contribution in [0.1, 0.15) is 51.9 Å². The topological polar surface area (TPSA) is 40.5 Å². The summed E-state index contributed by atoms with van der Waals surface area (Å²) in [7, 11) is 0. The van der Waals surface area contributed by atoms with E-state index in [0.717, 1.165) is 32.2 Å². The second-order valence-corrected chi connectivity index (χ2v) is 4.84. The van der Waals surface area contributed by atoms with Gasteiger partial charge in [-0.2, -0.15) is 0 Å². The summed E-state index contributed by atoms with van der Waals surface area (Å²) in [6.07, 6.45) is 7.89. The Hall–Kier alpha value is -0.570. The molecule has 1 rings (SSSR count). The Morgan fingerprint density at radius 3 is 2.50 bits per heavy atom. The summed E-state index contributed by atoms with van der Waals surface area (Å²) in [6.45, 7) is 5.62. The summed E-state index contributed by atoms with van der Waals surface area (Å²) >= 11 is 0. The molecule has 0 bridgehead atoms. The molecule has 1 saturated heterocycles. The van der Waals surface area contributed by atoms with Crippen LogP contribution in [0.25, 0.3) is 0 Å². The monoisotopic (exact) mass is 227 g/mol. The molecular formula is C13H25NO2. The van der Waals surface area contributed by atoms with Crippen LogP contribution in [0.15, 0.2) is 0 Å². The van der Waals surface area contributed by atoms with Crippen molar-refractivity contribution in [1.29, 1.82) is 0 Å². The van der Waals surface area contributed by atoms with E-state index >= 15 is 0 Å². The first-order chi connectivity index (χ1) is 7.74. The van der Waals surface area contributed by atoms with E-state index in [9.17, 15) is 4.79 Å². The minimum atomic E-state index is -0.625. The first-order valence-electron chi connectivity index (χ1n) is 6.69. The Morgan fingerprint density at radius 1 is 1.25 bits per heavy atom. The van der Waals surface area contributed by atoms with Gasteiger partial charge in [0.25, 0.3) is 0 Å². The van der Waals surface area contributed by atoms with E-state index in [4.69, 9.17) is 5.11 Å². The highest BCUT2D eigenvalue weighted by atomic mass is 16.4. The minimum absolute atomic E-state index is 0.124. The minimum Gasteiger partial charge on any atom is -0.481 e. The maximum absolute atomic E-state index is 10.8. The molecule has 1 aliphatic heterocycles. The third-order valence-corrected chi connectivity index (χ3v) is 3.57. The Morgan fingerprint density at radius 2 is 1.94 bits per heavy atom. The van der Waals surface area contributed by atoms with Gasteiger partial charge in [0.1, 0.15) is 0 Å². The fourth-order valence-corrected chi connectivity index (χ4v) is 2.41. The number of carboxylic acids is 1. The summed E-state index contributed by atoms with van der Waals surface area (Å²) in [5, 5.41) is 8.91. The first-order valence-corrected chi connectivity index (χ1v) is 6.69. The van der Waals surface area contributed by atoms with Gasteiger partial charge in [-0.05, 0) is 51.7 Å². The summed E-state index contributed by atoms with van der Waals surface area (Å²) in [6, 6.07) is 0. The van der Waals surface area contributed by atoms with Crippen LogP contribution in [0, 0.1) is 5.92 Å². The molecule has 0 amide bonds. The molecular weight excluding hydrogens is 202 g/mol. The molecule has 0 aromatic rings. The first kappa shape index (κ1) is 13.5. The highest BCUT2D eigenvalue weighted by Crippen LogP contribution is 2.14. The van der Waals surface area contributed by atoms with E-state index in [0.29, 0.717) is 0 Å². The summed E-state index contributed by atoms with van der Waals surface area (Å²) in [4.78, 5) is 13.3. The van der Waals surface area contributed by atoms with Crippen molar-refractivity contribution in [3.8, 4) is 0 Å². The van der Waals surface area contributed by atoms with Crippen LogP contribution in [0.4, 0.5) is 0 Å². The zero-order valence-corrected chi connectivity index (χ0v) is 10.5. The number of likely N-dealkylation sites (tertiary alicyclic amines) is 1. The molecule has 3 heteroatoms. The van der Waals surface area contributed by atoms with Crippen LogP contribution in [0.2, 0.25) is 0 Å². The molecule has 0 aromatic heterocycles. The number of piperidine rings is 1. The van der Waals surface area contributed by atoms with Crippen LogP contribution < -0.4 is 0 Å². The molecule has 1 N–H and O–H groups in total. The molecule has 0 aromatic carbocycles. The molecule has 16 heavy (non-hydrogen) atoms. The summed E-state index contributed by atoms with van der Waals surface area (Å²) in [5.74, 6) is -0.748. The maximum Gasteiger partial charge on any atom is 0.306 e. The van der Waals surface area contributed by atoms with E-state index in [1.165, 1.54) is 32.4 Å². The fraction of sp³-hybridized carbons (Fsp3) is 0.923. The molecule has 0 radical (unpaired) electrons. The summed E-state index contributed by atoms with van der Waals surface area (Å²) in [5.41, 5.74) is 0. The quantitative estimate of drug-likeness (QED) is 0.680. The standard InChI is InChI=1S/C13H25NO2/c1-2-12(13(15)16)8-4-7-11-14-9-5-3-6-10-14/h12H,2-11H2,1H3,(H,15,16). The van der Waals surface area contributed by atoms with Gasteiger partial charge in [-0.1, -0.05) is 19.8 Å². The van der Waals surface area contributed by atoms with Gasteiger partial charge >= 0.3 is 5.97 Å². The van der Waals surface area contributed by atoms with E-state index in [2.05, 4.69) is 4.90 Å². The second kappa shape index (κ2) is 7.66. The normalized spacial score (nSPS) is 19.6. The number of rotatable bonds is 7. The predicted molar refractivity (Wildman–Crippen MR) is 65.6 cm³/mol. The number of unbranched alkanes of at least 4 members (excludes halogenated alkanes) is 1. The predicted octanol–water partition coefficient (Wildman–Crippen LogP) is 2.75. The van der Waals surface area contributed by atoms with Gasteiger partial charge in [0.2, 0.25) is 0 Å². The number of carbonyl (C=O) groups is 1. The van der Waals surface area contributed by atoms with Crippen molar-refractivity contribution >= 4 is 5.97 Å². The molecule has 94 valence electrons. The Balaban J connectivity index is 2.03. The lowest BCUT2D eigenvalue weighted by atomic mass is 9.99. The van der Waals surface area contributed by atoms with Crippen molar-refractivity contribution in [1.82, 2.24) is 4.90 Å². The second-order valence-electron chi connectivity index (χ2n) is 4.84. The van der Waals surface area contributed by atoms with Crippen LogP contribution in [-0.4, -0.2) is 35.6 Å². The van der Waals surface area contributed by atoms with Crippen molar-refractivity contribution in [2.24, 2.45) is 5.92 Å². The number of nitrogens with zero attached hydrogens (tertiary/aromatic N) is 1. The highest BCUT2D eigenvalue weighted by Gasteiger charge is 2.14. The van der Waals surface area contributed by atoms with Gasteiger partial charge in [-0.25, -0.2) is 0 Å². The van der Waals surface area contributed by atoms with Crippen molar-refractivity contribution in [2.75, 3.05) is 19.6 Å². The lowest BCUT2D eigenvalue weighted by Gasteiger charge is -2.26. The molecule has 3 nitrogen and oxygen atoms in total. The van der Waals surface area contributed by atoms with Gasteiger partial charge in [0.15, 0.2) is 0 Å². The zero-order chi connectivity index (χ0) is 11.8. The summed E-state index contributed by atoms with van der Waals surface area (Å²) < 4.78 is 0. The van der Waals surface area contributed by atoms with Crippen LogP contribution in [0.5, 0.6) is 0 Å². The molecule has 0 aliphatic carbocycles. The number of hydrogen-bond acceptors (Lipinski definition) is 2. The highest BCUT2D eigenvalue weighted by molar-refractivity contribution is 5.69. The molecule has 1 fully saturated rings. The lowest BCUT2D eigenvalue weighted by Crippen LogP contribution is -2.30. The van der Waals surface area contributed by atoms with Crippen LogP contribution in [0.3, 0.4) is 0 Å². The SMILES string of the molecule is CCC(CCCCN1CCCCC1)C(=O)O. The molecule has 1 atom stereocenters. The van der Waals surface area contributed by atoms with Crippen LogP contribution >= 0.6 is 0 Å². The van der Waals surface area contributed by atoms with E-state index in [-0.39, 0.29) is 5.92 Å². The molecule has 1 aliphatic rings. The molecule has 1 unspecified atom stereocenters. The molecule has 0 saturated carbocycles. The van der Waals surface area contributed by atoms with Gasteiger partial charge in [-0.3, -0.25) is 4.79 Å². The molecule has 0 spiro atoms. The number of carboxylic acid groups (broad SMARTS) is 1. The zero-order valence-electron chi connectivity index (χ0n) is 10.5. The van der Waals surface area contributed by atoms with Crippen molar-refractivity contribution in [2.45, 2.75) is 51.9 Å². The fourth-order valence-electron chi connectivity index (χ4n) is 2.41. The van der Waals surface area contributed by atoms with Crippen LogP contribution in [-0.2, 0) is 4.79 Å². The maximum atomic E-state index is 10.8. The van der Waals surface area contributed by atoms with Gasteiger partial charge < -0.3 is 10.0 Å². The lowest BCUT2D eigenvalue weighted by molar-refractivity contribution is -0.142. The Kier molecular flexibility index (Phi) is 6.46. The van der Waals surface area contributed by atoms with Gasteiger partial charge in [0, 0.05) is 0 Å². The smallest absolute Gasteiger partial charge is 0.306 e. The van der Waals surface area contributed by atoms with Crippen molar-refractivity contribution < 1.29 is 9.90 Å². The van der Waals surface area contributed by atoms with Gasteiger partial charge in [0.05, 0.1) is 5.92 Å². The Labute approximate surface area is 98.8 Å².